The zero-order valence-electron chi connectivity index (χ0n) is 13.1. The molecule has 0 heterocycles. The van der Waals surface area contributed by atoms with Crippen molar-refractivity contribution in [3.63, 3.8) is 0 Å². The average Bonchev–Trinajstić information content (AvgIpc) is 2.86. The second-order valence-electron chi connectivity index (χ2n) is 7.12. The van der Waals surface area contributed by atoms with Gasteiger partial charge >= 0.3 is 0 Å². The molecule has 3 N–H and O–H groups in total. The van der Waals surface area contributed by atoms with Crippen LogP contribution in [0, 0.1) is 5.41 Å². The van der Waals surface area contributed by atoms with Crippen LogP contribution in [0.15, 0.2) is 24.3 Å². The number of aryl methyl sites for hydroxylation is 1. The van der Waals surface area contributed by atoms with Crippen LogP contribution in [0.1, 0.15) is 68.9 Å². The summed E-state index contributed by atoms with van der Waals surface area (Å²) in [4.78, 5) is 0. The van der Waals surface area contributed by atoms with Gasteiger partial charge in [0.1, 0.15) is 0 Å². The molecule has 0 bridgehead atoms. The van der Waals surface area contributed by atoms with Crippen LogP contribution < -0.4 is 5.73 Å². The number of benzene rings is 1. The molecule has 0 radical (unpaired) electrons. The Morgan fingerprint density at radius 3 is 2.29 bits per heavy atom. The highest BCUT2D eigenvalue weighted by atomic mass is 16.3. The van der Waals surface area contributed by atoms with Crippen molar-refractivity contribution >= 4 is 0 Å². The Morgan fingerprint density at radius 2 is 1.57 bits per heavy atom. The molecule has 2 aliphatic carbocycles. The first-order chi connectivity index (χ1) is 10.2. The largest absolute Gasteiger partial charge is 0.385 e. The van der Waals surface area contributed by atoms with E-state index in [-0.39, 0.29) is 5.41 Å². The summed E-state index contributed by atoms with van der Waals surface area (Å²) in [5.41, 5.74) is 7.95. The molecule has 1 unspecified atom stereocenters. The van der Waals surface area contributed by atoms with E-state index < -0.39 is 5.60 Å². The molecular weight excluding hydrogens is 258 g/mol. The topological polar surface area (TPSA) is 46.2 Å². The third kappa shape index (κ3) is 2.53. The molecule has 3 rings (SSSR count). The Bertz CT molecular complexity index is 476. The molecule has 2 aliphatic rings. The minimum atomic E-state index is -0.723. The Kier molecular flexibility index (Phi) is 4.37. The van der Waals surface area contributed by atoms with E-state index in [1.807, 2.05) is 0 Å². The molecule has 116 valence electrons. The first-order valence-corrected chi connectivity index (χ1v) is 8.73. The molecule has 0 amide bonds. The van der Waals surface area contributed by atoms with Crippen LogP contribution in [0.3, 0.4) is 0 Å². The van der Waals surface area contributed by atoms with Crippen molar-refractivity contribution < 1.29 is 5.11 Å². The van der Waals surface area contributed by atoms with E-state index in [1.54, 1.807) is 0 Å². The molecule has 2 nitrogen and oxygen atoms in total. The first kappa shape index (κ1) is 15.1. The molecule has 21 heavy (non-hydrogen) atoms. The van der Waals surface area contributed by atoms with Gasteiger partial charge in [0.15, 0.2) is 0 Å². The Morgan fingerprint density at radius 1 is 0.905 bits per heavy atom. The Hall–Kier alpha value is -0.860. The van der Waals surface area contributed by atoms with Crippen LogP contribution in [-0.4, -0.2) is 11.7 Å². The molecule has 0 aromatic heterocycles. The fraction of sp³-hybridized carbons (Fsp3) is 0.684. The predicted molar refractivity (Wildman–Crippen MR) is 87.1 cm³/mol. The molecule has 0 saturated heterocycles. The van der Waals surface area contributed by atoms with Gasteiger partial charge < -0.3 is 10.8 Å². The molecular formula is C19H29NO. The number of nitrogens with two attached hydrogens (primary N) is 1. The minimum Gasteiger partial charge on any atom is -0.385 e. The molecule has 1 fully saturated rings. The lowest BCUT2D eigenvalue weighted by atomic mass is 9.62. The average molecular weight is 287 g/mol. The fourth-order valence-corrected chi connectivity index (χ4v) is 4.72. The monoisotopic (exact) mass is 287 g/mol. The highest BCUT2D eigenvalue weighted by Crippen LogP contribution is 2.52. The molecule has 1 aromatic carbocycles. The second kappa shape index (κ2) is 6.10. The summed E-state index contributed by atoms with van der Waals surface area (Å²) in [5, 5.41) is 11.8. The minimum absolute atomic E-state index is 0.121. The number of rotatable bonds is 2. The lowest BCUT2D eigenvalue weighted by molar-refractivity contribution is -0.103. The van der Waals surface area contributed by atoms with Crippen molar-refractivity contribution in [2.75, 3.05) is 6.54 Å². The van der Waals surface area contributed by atoms with Gasteiger partial charge in [-0.05, 0) is 49.7 Å². The standard InChI is InChI=1S/C19H29NO/c20-15-18(12-6-1-2-7-13-18)19(21)14-8-5-10-16-9-3-4-11-17(16)19/h3-4,9,11,21H,1-2,5-8,10,12-15,20H2. The zero-order valence-corrected chi connectivity index (χ0v) is 13.1. The van der Waals surface area contributed by atoms with Crippen LogP contribution >= 0.6 is 0 Å². The summed E-state index contributed by atoms with van der Waals surface area (Å²) in [6.07, 6.45) is 11.4. The van der Waals surface area contributed by atoms with Crippen LogP contribution in [0.25, 0.3) is 0 Å². The third-order valence-electron chi connectivity index (χ3n) is 6.03. The molecule has 0 spiro atoms. The van der Waals surface area contributed by atoms with Gasteiger partial charge in [0.05, 0.1) is 5.60 Å². The van der Waals surface area contributed by atoms with E-state index >= 15 is 0 Å². The predicted octanol–water partition coefficient (Wildman–Crippen LogP) is 3.90. The molecule has 2 heteroatoms. The summed E-state index contributed by atoms with van der Waals surface area (Å²) in [6.45, 7) is 0.609. The van der Waals surface area contributed by atoms with Crippen molar-refractivity contribution in [3.8, 4) is 0 Å². The van der Waals surface area contributed by atoms with Crippen molar-refractivity contribution in [2.45, 2.75) is 69.8 Å². The van der Waals surface area contributed by atoms with E-state index in [9.17, 15) is 5.11 Å². The molecule has 0 aliphatic heterocycles. The maximum absolute atomic E-state index is 11.8. The van der Waals surface area contributed by atoms with E-state index in [1.165, 1.54) is 43.2 Å². The van der Waals surface area contributed by atoms with Crippen molar-refractivity contribution in [1.29, 1.82) is 0 Å². The number of hydrogen-bond donors (Lipinski definition) is 2. The smallest absolute Gasteiger partial charge is 0.0967 e. The summed E-state index contributed by atoms with van der Waals surface area (Å²) in [6, 6.07) is 8.54. The molecule has 1 saturated carbocycles. The normalized spacial score (nSPS) is 29.2. The quantitative estimate of drug-likeness (QED) is 0.640. The van der Waals surface area contributed by atoms with Crippen LogP contribution in [0.2, 0.25) is 0 Å². The van der Waals surface area contributed by atoms with Gasteiger partial charge in [0.25, 0.3) is 0 Å². The lowest BCUT2D eigenvalue weighted by Crippen LogP contribution is -2.50. The van der Waals surface area contributed by atoms with Crippen molar-refractivity contribution in [3.05, 3.63) is 35.4 Å². The summed E-state index contributed by atoms with van der Waals surface area (Å²) in [7, 11) is 0. The van der Waals surface area contributed by atoms with Gasteiger partial charge in [-0.2, -0.15) is 0 Å². The Balaban J connectivity index is 2.08. The van der Waals surface area contributed by atoms with Crippen LogP contribution in [0.4, 0.5) is 0 Å². The summed E-state index contributed by atoms with van der Waals surface area (Å²) < 4.78 is 0. The van der Waals surface area contributed by atoms with Crippen LogP contribution in [-0.2, 0) is 12.0 Å². The highest BCUT2D eigenvalue weighted by Gasteiger charge is 2.50. The van der Waals surface area contributed by atoms with E-state index in [4.69, 9.17) is 5.73 Å². The summed E-state index contributed by atoms with van der Waals surface area (Å²) >= 11 is 0. The van der Waals surface area contributed by atoms with E-state index in [2.05, 4.69) is 24.3 Å². The molecule has 1 atom stereocenters. The van der Waals surface area contributed by atoms with E-state index in [0.717, 1.165) is 32.1 Å². The number of fused-ring (bicyclic) bond motifs is 1. The lowest BCUT2D eigenvalue weighted by Gasteiger charge is -2.47. The fourth-order valence-electron chi connectivity index (χ4n) is 4.72. The van der Waals surface area contributed by atoms with Crippen LogP contribution in [0.5, 0.6) is 0 Å². The van der Waals surface area contributed by atoms with Gasteiger partial charge in [-0.15, -0.1) is 0 Å². The van der Waals surface area contributed by atoms with Crippen molar-refractivity contribution in [2.24, 2.45) is 11.1 Å². The maximum Gasteiger partial charge on any atom is 0.0967 e. The summed E-state index contributed by atoms with van der Waals surface area (Å²) in [5.74, 6) is 0. The first-order valence-electron chi connectivity index (χ1n) is 8.73. The zero-order chi connectivity index (χ0) is 14.8. The van der Waals surface area contributed by atoms with E-state index in [0.29, 0.717) is 6.54 Å². The van der Waals surface area contributed by atoms with Gasteiger partial charge in [0, 0.05) is 12.0 Å². The van der Waals surface area contributed by atoms with Gasteiger partial charge in [-0.1, -0.05) is 49.9 Å². The maximum atomic E-state index is 11.8. The number of aliphatic hydroxyl groups is 1. The van der Waals surface area contributed by atoms with Gasteiger partial charge in [-0.25, -0.2) is 0 Å². The molecule has 1 aromatic rings. The van der Waals surface area contributed by atoms with Gasteiger partial charge in [0.2, 0.25) is 0 Å². The Labute approximate surface area is 128 Å². The second-order valence-corrected chi connectivity index (χ2v) is 7.12. The third-order valence-corrected chi connectivity index (χ3v) is 6.03. The SMILES string of the molecule is NCC1(C2(O)CCCCc3ccccc32)CCCCCC1. The highest BCUT2D eigenvalue weighted by molar-refractivity contribution is 5.36. The van der Waals surface area contributed by atoms with Gasteiger partial charge in [-0.3, -0.25) is 0 Å². The number of hydrogen-bond acceptors (Lipinski definition) is 2. The van der Waals surface area contributed by atoms with Crippen molar-refractivity contribution in [1.82, 2.24) is 0 Å².